The smallest absolute Gasteiger partial charge is 0.242 e. The predicted molar refractivity (Wildman–Crippen MR) is 189 cm³/mol. The monoisotopic (exact) mass is 649 g/mol. The Morgan fingerprint density at radius 3 is 2.50 bits per heavy atom. The number of carbonyl (C=O) groups is 1. The SMILES string of the molecule is C[Si](C)(C)CCOCn1c(-c2nc(-c3ccccc3)sc2N2CCN(C(=O)Cn3ccc4cccnc43)CC2)nc2ccccc21. The number of nitrogens with zero attached hydrogens (tertiary/aromatic N) is 7. The molecule has 0 aliphatic carbocycles. The van der Waals surface area contributed by atoms with Gasteiger partial charge in [0.15, 0.2) is 5.82 Å². The maximum absolute atomic E-state index is 13.4. The van der Waals surface area contributed by atoms with E-state index in [4.69, 9.17) is 14.7 Å². The van der Waals surface area contributed by atoms with Crippen molar-refractivity contribution in [2.75, 3.05) is 37.7 Å². The van der Waals surface area contributed by atoms with Crippen molar-refractivity contribution in [3.8, 4) is 22.1 Å². The third-order valence-electron chi connectivity index (χ3n) is 8.46. The molecule has 0 N–H and O–H groups in total. The zero-order chi connectivity index (χ0) is 31.7. The first kappa shape index (κ1) is 30.3. The number of imidazole rings is 1. The van der Waals surface area contributed by atoms with Crippen molar-refractivity contribution in [2.24, 2.45) is 0 Å². The summed E-state index contributed by atoms with van der Waals surface area (Å²) >= 11 is 1.69. The molecule has 1 amide bonds. The molecular formula is C35H39N7O2SSi. The first-order chi connectivity index (χ1) is 22.3. The molecule has 5 heterocycles. The number of pyridine rings is 1. The zero-order valence-corrected chi connectivity index (χ0v) is 28.4. The van der Waals surface area contributed by atoms with E-state index in [9.17, 15) is 4.79 Å². The van der Waals surface area contributed by atoms with Crippen LogP contribution in [-0.4, -0.2) is 75.8 Å². The van der Waals surface area contributed by atoms with Crippen LogP contribution in [0.5, 0.6) is 0 Å². The molecule has 9 nitrogen and oxygen atoms in total. The summed E-state index contributed by atoms with van der Waals surface area (Å²) < 4.78 is 10.4. The molecule has 0 unspecified atom stereocenters. The lowest BCUT2D eigenvalue weighted by atomic mass is 10.2. The summed E-state index contributed by atoms with van der Waals surface area (Å²) in [6.45, 7) is 11.2. The fourth-order valence-corrected chi connectivity index (χ4v) is 7.73. The number of ether oxygens (including phenoxy) is 1. The van der Waals surface area contributed by atoms with Crippen LogP contribution in [0, 0.1) is 0 Å². The molecule has 7 rings (SSSR count). The first-order valence-corrected chi connectivity index (χ1v) is 20.4. The Hall–Kier alpha value is -4.32. The second-order valence-electron chi connectivity index (χ2n) is 13.0. The lowest BCUT2D eigenvalue weighted by Crippen LogP contribution is -2.49. The number of anilines is 1. The van der Waals surface area contributed by atoms with Gasteiger partial charge in [0.2, 0.25) is 5.91 Å². The van der Waals surface area contributed by atoms with Crippen LogP contribution in [0.2, 0.25) is 25.7 Å². The number of piperazine rings is 1. The molecule has 0 saturated carbocycles. The van der Waals surface area contributed by atoms with Gasteiger partial charge < -0.3 is 19.1 Å². The molecule has 1 aliphatic heterocycles. The van der Waals surface area contributed by atoms with Gasteiger partial charge in [-0.05, 0) is 36.4 Å². The third kappa shape index (κ3) is 6.35. The molecule has 236 valence electrons. The van der Waals surface area contributed by atoms with E-state index < -0.39 is 8.07 Å². The number of thiazole rings is 1. The fourth-order valence-electron chi connectivity index (χ4n) is 5.85. The summed E-state index contributed by atoms with van der Waals surface area (Å²) in [5.74, 6) is 0.919. The predicted octanol–water partition coefficient (Wildman–Crippen LogP) is 6.84. The molecule has 4 aromatic heterocycles. The van der Waals surface area contributed by atoms with E-state index in [1.54, 1.807) is 17.5 Å². The minimum atomic E-state index is -1.22. The molecule has 6 aromatic rings. The van der Waals surface area contributed by atoms with E-state index in [0.29, 0.717) is 32.9 Å². The van der Waals surface area contributed by atoms with Crippen molar-refractivity contribution in [3.05, 3.63) is 85.2 Å². The van der Waals surface area contributed by atoms with E-state index in [1.807, 2.05) is 64.2 Å². The van der Waals surface area contributed by atoms with Crippen LogP contribution in [0.1, 0.15) is 0 Å². The molecule has 0 atom stereocenters. The Bertz CT molecular complexity index is 1970. The summed E-state index contributed by atoms with van der Waals surface area (Å²) in [7, 11) is -1.22. The Balaban J connectivity index is 1.16. The Kier molecular flexibility index (Phi) is 8.45. The maximum atomic E-state index is 13.4. The van der Waals surface area contributed by atoms with E-state index in [-0.39, 0.29) is 12.5 Å². The highest BCUT2D eigenvalue weighted by Gasteiger charge is 2.28. The van der Waals surface area contributed by atoms with Gasteiger partial charge in [-0.3, -0.25) is 9.36 Å². The zero-order valence-electron chi connectivity index (χ0n) is 26.6. The van der Waals surface area contributed by atoms with Crippen LogP contribution in [-0.2, 0) is 22.8 Å². The summed E-state index contributed by atoms with van der Waals surface area (Å²) in [4.78, 5) is 32.5. The van der Waals surface area contributed by atoms with Crippen LogP contribution in [0.4, 0.5) is 5.00 Å². The largest absolute Gasteiger partial charge is 0.361 e. The fraction of sp³-hybridized carbons (Fsp3) is 0.314. The van der Waals surface area contributed by atoms with E-state index in [2.05, 4.69) is 58.4 Å². The van der Waals surface area contributed by atoms with Gasteiger partial charge in [0, 0.05) is 64.2 Å². The topological polar surface area (TPSA) is 81.3 Å². The van der Waals surface area contributed by atoms with Gasteiger partial charge in [0.25, 0.3) is 0 Å². The van der Waals surface area contributed by atoms with Gasteiger partial charge in [-0.25, -0.2) is 15.0 Å². The van der Waals surface area contributed by atoms with Crippen molar-refractivity contribution in [2.45, 2.75) is 39.0 Å². The molecular weight excluding hydrogens is 611 g/mol. The number of amides is 1. The van der Waals surface area contributed by atoms with Crippen molar-refractivity contribution < 1.29 is 9.53 Å². The van der Waals surface area contributed by atoms with Gasteiger partial charge in [0.05, 0.1) is 11.0 Å². The lowest BCUT2D eigenvalue weighted by molar-refractivity contribution is -0.132. The number of aromatic nitrogens is 5. The Morgan fingerprint density at radius 2 is 1.70 bits per heavy atom. The van der Waals surface area contributed by atoms with E-state index >= 15 is 0 Å². The van der Waals surface area contributed by atoms with Crippen LogP contribution in [0.15, 0.2) is 85.2 Å². The highest BCUT2D eigenvalue weighted by Crippen LogP contribution is 2.41. The number of rotatable bonds is 10. The lowest BCUT2D eigenvalue weighted by Gasteiger charge is -2.35. The van der Waals surface area contributed by atoms with Gasteiger partial charge in [-0.1, -0.05) is 73.4 Å². The highest BCUT2D eigenvalue weighted by atomic mass is 32.1. The number of benzene rings is 2. The molecule has 2 aromatic carbocycles. The van der Waals surface area contributed by atoms with E-state index in [0.717, 1.165) is 61.8 Å². The van der Waals surface area contributed by atoms with Crippen LogP contribution in [0.25, 0.3) is 44.2 Å². The van der Waals surface area contributed by atoms with Crippen LogP contribution >= 0.6 is 11.3 Å². The van der Waals surface area contributed by atoms with Gasteiger partial charge in [-0.2, -0.15) is 0 Å². The molecule has 11 heteroatoms. The summed E-state index contributed by atoms with van der Waals surface area (Å²) in [5, 5.41) is 3.07. The second kappa shape index (κ2) is 12.8. The first-order valence-electron chi connectivity index (χ1n) is 15.9. The number of para-hydroxylation sites is 2. The summed E-state index contributed by atoms with van der Waals surface area (Å²) in [5.41, 5.74) is 4.74. The van der Waals surface area contributed by atoms with Crippen LogP contribution < -0.4 is 4.90 Å². The summed E-state index contributed by atoms with van der Waals surface area (Å²) in [6, 6.07) is 25.6. The Labute approximate surface area is 274 Å². The third-order valence-corrected chi connectivity index (χ3v) is 11.3. The molecule has 0 spiro atoms. The quantitative estimate of drug-likeness (QED) is 0.119. The number of fused-ring (bicyclic) bond motifs is 2. The number of carbonyl (C=O) groups excluding carboxylic acids is 1. The van der Waals surface area contributed by atoms with E-state index in [1.165, 1.54) is 0 Å². The molecule has 1 saturated heterocycles. The average molecular weight is 650 g/mol. The molecule has 0 bridgehead atoms. The van der Waals surface area contributed by atoms with Gasteiger partial charge in [-0.15, -0.1) is 0 Å². The normalized spacial score (nSPS) is 14.1. The van der Waals surface area contributed by atoms with Crippen LogP contribution in [0.3, 0.4) is 0 Å². The van der Waals surface area contributed by atoms with Gasteiger partial charge in [0.1, 0.15) is 34.6 Å². The molecule has 1 fully saturated rings. The maximum Gasteiger partial charge on any atom is 0.242 e. The summed E-state index contributed by atoms with van der Waals surface area (Å²) in [6.07, 6.45) is 3.72. The number of hydrogen-bond acceptors (Lipinski definition) is 7. The number of hydrogen-bond donors (Lipinski definition) is 0. The molecule has 1 aliphatic rings. The molecule has 0 radical (unpaired) electrons. The second-order valence-corrected chi connectivity index (χ2v) is 19.6. The van der Waals surface area contributed by atoms with Crippen molar-refractivity contribution in [1.82, 2.24) is 29.0 Å². The standard InChI is InChI=1S/C35H39N7O2SSi/c1-46(2,3)23-22-44-25-42-29-14-8-7-13-28(29)37-33(42)31-35(45-34(38-31)27-10-5-4-6-11-27)40-20-18-39(19-21-40)30(43)24-41-17-15-26-12-9-16-36-32(26)41/h4-17H,18-25H2,1-3H3. The highest BCUT2D eigenvalue weighted by molar-refractivity contribution is 7.19. The average Bonchev–Trinajstić information content (AvgIpc) is 3.79. The Morgan fingerprint density at radius 1 is 0.913 bits per heavy atom. The van der Waals surface area contributed by atoms with Gasteiger partial charge >= 0.3 is 0 Å². The van der Waals surface area contributed by atoms with Crippen molar-refractivity contribution in [3.63, 3.8) is 0 Å². The molecule has 46 heavy (non-hydrogen) atoms. The minimum Gasteiger partial charge on any atom is -0.361 e. The van der Waals surface area contributed by atoms with Crippen molar-refractivity contribution >= 4 is 52.4 Å². The van der Waals surface area contributed by atoms with Crippen molar-refractivity contribution in [1.29, 1.82) is 0 Å². The minimum absolute atomic E-state index is 0.106.